The highest BCUT2D eigenvalue weighted by molar-refractivity contribution is 6.02. The Hall–Kier alpha value is -2.63. The molecule has 0 aliphatic carbocycles. The fraction of sp³-hybridized carbons (Fsp3) is 0.312. The molecular formula is C16H17N3O3. The van der Waals surface area contributed by atoms with Crippen LogP contribution < -0.4 is 10.1 Å². The highest BCUT2D eigenvalue weighted by Crippen LogP contribution is 2.24. The van der Waals surface area contributed by atoms with Gasteiger partial charge >= 0.3 is 0 Å². The number of amides is 1. The summed E-state index contributed by atoms with van der Waals surface area (Å²) < 4.78 is 6.68. The van der Waals surface area contributed by atoms with Crippen LogP contribution in [-0.4, -0.2) is 35.1 Å². The molecule has 0 bridgehead atoms. The van der Waals surface area contributed by atoms with E-state index in [2.05, 4.69) is 10.4 Å². The molecule has 2 heterocycles. The molecule has 0 atom stereocenters. The van der Waals surface area contributed by atoms with Crippen LogP contribution in [0.3, 0.4) is 0 Å². The first-order chi connectivity index (χ1) is 10.7. The first-order valence-electron chi connectivity index (χ1n) is 7.23. The summed E-state index contributed by atoms with van der Waals surface area (Å²) in [7, 11) is 1.59. The number of fused-ring (bicyclic) bond motifs is 1. The average Bonchev–Trinajstić information content (AvgIpc) is 2.95. The maximum absolute atomic E-state index is 12.2. The smallest absolute Gasteiger partial charge is 0.270 e. The van der Waals surface area contributed by atoms with Gasteiger partial charge in [-0.25, -0.2) is 4.68 Å². The molecule has 1 aliphatic heterocycles. The quantitative estimate of drug-likeness (QED) is 0.873. The Balaban J connectivity index is 2.16. The molecule has 0 radical (unpaired) electrons. The average molecular weight is 299 g/mol. The van der Waals surface area contributed by atoms with E-state index in [4.69, 9.17) is 4.74 Å². The van der Waals surface area contributed by atoms with Crippen LogP contribution in [-0.2, 0) is 6.42 Å². The van der Waals surface area contributed by atoms with Crippen LogP contribution >= 0.6 is 0 Å². The molecule has 22 heavy (non-hydrogen) atoms. The van der Waals surface area contributed by atoms with Crippen LogP contribution in [0.2, 0.25) is 0 Å². The third-order valence-corrected chi connectivity index (χ3v) is 3.76. The lowest BCUT2D eigenvalue weighted by Crippen LogP contribution is -2.33. The summed E-state index contributed by atoms with van der Waals surface area (Å²) in [6, 6.07) is 7.22. The third kappa shape index (κ3) is 2.26. The second-order valence-electron chi connectivity index (χ2n) is 5.07. The number of hydrogen-bond donors (Lipinski definition) is 1. The van der Waals surface area contributed by atoms with Crippen molar-refractivity contribution in [1.29, 1.82) is 0 Å². The summed E-state index contributed by atoms with van der Waals surface area (Å²) in [5, 5.41) is 7.21. The minimum Gasteiger partial charge on any atom is -0.497 e. The second-order valence-corrected chi connectivity index (χ2v) is 5.07. The number of methoxy groups -OCH3 is 1. The van der Waals surface area contributed by atoms with E-state index < -0.39 is 0 Å². The Morgan fingerprint density at radius 2 is 2.09 bits per heavy atom. The summed E-state index contributed by atoms with van der Waals surface area (Å²) in [5.41, 5.74) is 2.33. The zero-order valence-electron chi connectivity index (χ0n) is 12.5. The Kier molecular flexibility index (Phi) is 3.66. The van der Waals surface area contributed by atoms with Crippen LogP contribution in [0.15, 0.2) is 24.3 Å². The van der Waals surface area contributed by atoms with Gasteiger partial charge in [-0.3, -0.25) is 9.59 Å². The second kappa shape index (κ2) is 5.63. The van der Waals surface area contributed by atoms with E-state index in [1.807, 2.05) is 12.1 Å². The molecular weight excluding hydrogens is 282 g/mol. The van der Waals surface area contributed by atoms with E-state index in [9.17, 15) is 9.59 Å². The van der Waals surface area contributed by atoms with Crippen LogP contribution in [0.1, 0.15) is 39.9 Å². The normalized spacial score (nSPS) is 13.5. The summed E-state index contributed by atoms with van der Waals surface area (Å²) in [5.74, 6) is 0.483. The van der Waals surface area contributed by atoms with Gasteiger partial charge in [-0.05, 0) is 30.7 Å². The van der Waals surface area contributed by atoms with Crippen molar-refractivity contribution in [3.63, 3.8) is 0 Å². The topological polar surface area (TPSA) is 73.2 Å². The summed E-state index contributed by atoms with van der Waals surface area (Å²) in [6.45, 7) is 2.33. The van der Waals surface area contributed by atoms with Crippen LogP contribution in [0, 0.1) is 0 Å². The van der Waals surface area contributed by atoms with E-state index in [1.165, 1.54) is 0 Å². The molecule has 1 aromatic heterocycles. The zero-order valence-corrected chi connectivity index (χ0v) is 12.5. The maximum Gasteiger partial charge on any atom is 0.270 e. The van der Waals surface area contributed by atoms with Crippen LogP contribution in [0.25, 0.3) is 5.69 Å². The molecule has 0 saturated carbocycles. The van der Waals surface area contributed by atoms with Crippen molar-refractivity contribution < 1.29 is 14.3 Å². The van der Waals surface area contributed by atoms with Gasteiger partial charge in [-0.2, -0.15) is 5.10 Å². The molecule has 1 amide bonds. The van der Waals surface area contributed by atoms with Crippen molar-refractivity contribution in [2.75, 3.05) is 13.7 Å². The lowest BCUT2D eigenvalue weighted by Gasteiger charge is -2.15. The fourth-order valence-corrected chi connectivity index (χ4v) is 2.61. The van der Waals surface area contributed by atoms with Crippen molar-refractivity contribution in [2.45, 2.75) is 19.8 Å². The number of hydrogen-bond acceptors (Lipinski definition) is 4. The summed E-state index contributed by atoms with van der Waals surface area (Å²) >= 11 is 0. The predicted octanol–water partition coefficient (Wildman–Crippen LogP) is 1.76. The van der Waals surface area contributed by atoms with Gasteiger partial charge in [0.25, 0.3) is 5.91 Å². The van der Waals surface area contributed by atoms with Gasteiger partial charge in [0.1, 0.15) is 17.1 Å². The summed E-state index contributed by atoms with van der Waals surface area (Å²) in [6.07, 6.45) is 0.992. The first kappa shape index (κ1) is 14.3. The van der Waals surface area contributed by atoms with Crippen molar-refractivity contribution in [3.8, 4) is 11.4 Å². The van der Waals surface area contributed by atoms with E-state index in [0.717, 1.165) is 17.0 Å². The number of carbonyl (C=O) groups is 2. The summed E-state index contributed by atoms with van der Waals surface area (Å²) in [4.78, 5) is 24.3. The molecule has 2 aromatic rings. The molecule has 1 N–H and O–H groups in total. The lowest BCUT2D eigenvalue weighted by molar-refractivity contribution is 0.0938. The number of benzene rings is 1. The van der Waals surface area contributed by atoms with Gasteiger partial charge in [-0.1, -0.05) is 6.92 Å². The molecule has 0 unspecified atom stereocenters. The molecule has 6 nitrogen and oxygen atoms in total. The molecule has 1 aliphatic rings. The largest absolute Gasteiger partial charge is 0.497 e. The maximum atomic E-state index is 12.2. The SMILES string of the molecule is CCC(=O)c1nn(-c2ccc(OC)cc2)c2c1CCNC2=O. The molecule has 6 heteroatoms. The molecule has 1 aromatic carbocycles. The van der Waals surface area contributed by atoms with Gasteiger partial charge in [0.15, 0.2) is 5.78 Å². The Bertz CT molecular complexity index is 732. The Labute approximate surface area is 128 Å². The Morgan fingerprint density at radius 3 is 2.73 bits per heavy atom. The van der Waals surface area contributed by atoms with Gasteiger partial charge in [0, 0.05) is 18.5 Å². The first-order valence-corrected chi connectivity index (χ1v) is 7.23. The molecule has 3 rings (SSSR count). The minimum atomic E-state index is -0.195. The van der Waals surface area contributed by atoms with Crippen molar-refractivity contribution in [2.24, 2.45) is 0 Å². The third-order valence-electron chi connectivity index (χ3n) is 3.76. The number of rotatable bonds is 4. The van der Waals surface area contributed by atoms with E-state index in [1.54, 1.807) is 30.8 Å². The van der Waals surface area contributed by atoms with Gasteiger partial charge in [0.05, 0.1) is 12.8 Å². The number of ketones is 1. The van der Waals surface area contributed by atoms with Crippen LogP contribution in [0.4, 0.5) is 0 Å². The van der Waals surface area contributed by atoms with E-state index >= 15 is 0 Å². The lowest BCUT2D eigenvalue weighted by atomic mass is 10.0. The van der Waals surface area contributed by atoms with Gasteiger partial charge in [0.2, 0.25) is 0 Å². The van der Waals surface area contributed by atoms with E-state index in [-0.39, 0.29) is 11.7 Å². The standard InChI is InChI=1S/C16H17N3O3/c1-3-13(20)14-12-8-9-17-16(21)15(12)19(18-14)10-4-6-11(22-2)7-5-10/h4-7H,3,8-9H2,1-2H3,(H,17,21). The molecule has 0 spiro atoms. The number of ether oxygens (including phenoxy) is 1. The van der Waals surface area contributed by atoms with Crippen molar-refractivity contribution in [1.82, 2.24) is 15.1 Å². The van der Waals surface area contributed by atoms with E-state index in [0.29, 0.717) is 30.8 Å². The van der Waals surface area contributed by atoms with Gasteiger partial charge < -0.3 is 10.1 Å². The predicted molar refractivity (Wildman–Crippen MR) is 80.8 cm³/mol. The van der Waals surface area contributed by atoms with Crippen molar-refractivity contribution >= 4 is 11.7 Å². The number of carbonyl (C=O) groups excluding carboxylic acids is 2. The molecule has 0 fully saturated rings. The number of nitrogens with zero attached hydrogens (tertiary/aromatic N) is 2. The highest BCUT2D eigenvalue weighted by Gasteiger charge is 2.29. The minimum absolute atomic E-state index is 0.0433. The number of Topliss-reactive ketones (excluding diaryl/α,β-unsaturated/α-hetero) is 1. The highest BCUT2D eigenvalue weighted by atomic mass is 16.5. The van der Waals surface area contributed by atoms with Crippen LogP contribution in [0.5, 0.6) is 5.75 Å². The van der Waals surface area contributed by atoms with Gasteiger partial charge in [-0.15, -0.1) is 0 Å². The Morgan fingerprint density at radius 1 is 1.36 bits per heavy atom. The monoisotopic (exact) mass is 299 g/mol. The number of aromatic nitrogens is 2. The number of nitrogens with one attached hydrogen (secondary N) is 1. The molecule has 0 saturated heterocycles. The zero-order chi connectivity index (χ0) is 15.7. The molecule has 114 valence electrons. The van der Waals surface area contributed by atoms with Crippen molar-refractivity contribution in [3.05, 3.63) is 41.2 Å². The fourth-order valence-electron chi connectivity index (χ4n) is 2.61.